The number of carbonyl (C=O) groups excluding carboxylic acids is 1. The van der Waals surface area contributed by atoms with E-state index in [0.29, 0.717) is 19.5 Å². The van der Waals surface area contributed by atoms with Crippen molar-refractivity contribution >= 4 is 11.9 Å². The lowest BCUT2D eigenvalue weighted by Gasteiger charge is -2.23. The highest BCUT2D eigenvalue weighted by Gasteiger charge is 2.32. The predicted molar refractivity (Wildman–Crippen MR) is 90.8 cm³/mol. The molecule has 0 spiro atoms. The lowest BCUT2D eigenvalue weighted by atomic mass is 10.2. The number of aromatic nitrogens is 1. The van der Waals surface area contributed by atoms with Gasteiger partial charge in [-0.25, -0.2) is 0 Å². The summed E-state index contributed by atoms with van der Waals surface area (Å²) in [4.78, 5) is 31.9. The number of nitrogens with zero attached hydrogens (tertiary/aromatic N) is 3. The van der Waals surface area contributed by atoms with Gasteiger partial charge in [-0.15, -0.1) is 0 Å². The second kappa shape index (κ2) is 7.93. The van der Waals surface area contributed by atoms with Gasteiger partial charge < -0.3 is 9.84 Å². The van der Waals surface area contributed by atoms with Gasteiger partial charge in [0, 0.05) is 13.1 Å². The first-order chi connectivity index (χ1) is 12.1. The molecule has 2 aliphatic heterocycles. The number of aliphatic carboxylic acids is 1. The molecule has 1 N–H and O–H groups in total. The fourth-order valence-corrected chi connectivity index (χ4v) is 3.83. The number of esters is 1. The Hall–Kier alpha value is -1.99. The third kappa shape index (κ3) is 4.16. The van der Waals surface area contributed by atoms with Crippen molar-refractivity contribution in [1.29, 1.82) is 0 Å². The van der Waals surface area contributed by atoms with Crippen LogP contribution in [0.3, 0.4) is 0 Å². The number of carbonyl (C=O) groups is 2. The fraction of sp³-hybridized carbons (Fsp3) is 0.611. The van der Waals surface area contributed by atoms with Gasteiger partial charge in [0.25, 0.3) is 0 Å². The highest BCUT2D eigenvalue weighted by Crippen LogP contribution is 2.22. The van der Waals surface area contributed by atoms with Gasteiger partial charge in [-0.3, -0.25) is 24.4 Å². The Labute approximate surface area is 147 Å². The van der Waals surface area contributed by atoms with Crippen molar-refractivity contribution in [2.75, 3.05) is 20.2 Å². The van der Waals surface area contributed by atoms with Crippen molar-refractivity contribution in [2.45, 2.75) is 50.9 Å². The van der Waals surface area contributed by atoms with Gasteiger partial charge in [0.15, 0.2) is 0 Å². The molecular weight excluding hydrogens is 322 g/mol. The molecule has 3 heterocycles. The smallest absolute Gasteiger partial charge is 0.323 e. The SMILES string of the molecule is COC(=O)[C@@H]1CCCN1Cc1cccc(CN2CCC[C@H]2C(=O)O)n1. The summed E-state index contributed by atoms with van der Waals surface area (Å²) in [6.45, 7) is 2.81. The highest BCUT2D eigenvalue weighted by atomic mass is 16.5. The third-order valence-electron chi connectivity index (χ3n) is 5.08. The molecule has 0 saturated carbocycles. The first-order valence-electron chi connectivity index (χ1n) is 8.82. The summed E-state index contributed by atoms with van der Waals surface area (Å²) in [5.41, 5.74) is 1.78. The van der Waals surface area contributed by atoms with Gasteiger partial charge >= 0.3 is 11.9 Å². The average molecular weight is 347 g/mol. The maximum absolute atomic E-state index is 11.9. The summed E-state index contributed by atoms with van der Waals surface area (Å²) in [6.07, 6.45) is 3.41. The largest absolute Gasteiger partial charge is 0.480 e. The Morgan fingerprint density at radius 3 is 2.24 bits per heavy atom. The van der Waals surface area contributed by atoms with Crippen LogP contribution in [0.15, 0.2) is 18.2 Å². The second-order valence-electron chi connectivity index (χ2n) is 6.74. The van der Waals surface area contributed by atoms with E-state index in [0.717, 1.165) is 43.7 Å². The number of carboxylic acids is 1. The van der Waals surface area contributed by atoms with Crippen molar-refractivity contribution in [3.8, 4) is 0 Å². The number of likely N-dealkylation sites (tertiary alicyclic amines) is 2. The lowest BCUT2D eigenvalue weighted by Crippen LogP contribution is -2.37. The molecular formula is C18H25N3O4. The third-order valence-corrected chi connectivity index (χ3v) is 5.08. The minimum Gasteiger partial charge on any atom is -0.480 e. The van der Waals surface area contributed by atoms with Crippen LogP contribution < -0.4 is 0 Å². The molecule has 136 valence electrons. The van der Waals surface area contributed by atoms with E-state index >= 15 is 0 Å². The van der Waals surface area contributed by atoms with Gasteiger partial charge in [-0.05, 0) is 50.9 Å². The first-order valence-corrected chi connectivity index (χ1v) is 8.82. The Balaban J connectivity index is 1.65. The molecule has 25 heavy (non-hydrogen) atoms. The van der Waals surface area contributed by atoms with Crippen molar-refractivity contribution in [1.82, 2.24) is 14.8 Å². The maximum atomic E-state index is 11.9. The number of hydrogen-bond donors (Lipinski definition) is 1. The molecule has 7 nitrogen and oxygen atoms in total. The summed E-state index contributed by atoms with van der Waals surface area (Å²) >= 11 is 0. The quantitative estimate of drug-likeness (QED) is 0.776. The predicted octanol–water partition coefficient (Wildman–Crippen LogP) is 1.27. The Morgan fingerprint density at radius 1 is 1.12 bits per heavy atom. The van der Waals surface area contributed by atoms with E-state index in [1.807, 2.05) is 23.1 Å². The zero-order chi connectivity index (χ0) is 17.8. The van der Waals surface area contributed by atoms with E-state index in [1.54, 1.807) is 0 Å². The van der Waals surface area contributed by atoms with Crippen molar-refractivity contribution in [3.05, 3.63) is 29.6 Å². The molecule has 0 aromatic carbocycles. The normalized spacial score (nSPS) is 24.5. The summed E-state index contributed by atoms with van der Waals surface area (Å²) in [6, 6.07) is 5.24. The average Bonchev–Trinajstić information content (AvgIpc) is 3.24. The van der Waals surface area contributed by atoms with E-state index in [-0.39, 0.29) is 12.0 Å². The Morgan fingerprint density at radius 2 is 1.68 bits per heavy atom. The first kappa shape index (κ1) is 17.8. The molecule has 7 heteroatoms. The van der Waals surface area contributed by atoms with Crippen molar-refractivity contribution < 1.29 is 19.4 Å². The maximum Gasteiger partial charge on any atom is 0.323 e. The van der Waals surface area contributed by atoms with E-state index in [4.69, 9.17) is 4.74 Å². The molecule has 0 radical (unpaired) electrons. The van der Waals surface area contributed by atoms with Gasteiger partial charge in [0.05, 0.1) is 18.5 Å². The monoisotopic (exact) mass is 347 g/mol. The molecule has 1 aromatic rings. The van der Waals surface area contributed by atoms with Crippen LogP contribution in [-0.2, 0) is 27.4 Å². The van der Waals surface area contributed by atoms with Crippen LogP contribution in [0.5, 0.6) is 0 Å². The molecule has 3 rings (SSSR count). The molecule has 2 fully saturated rings. The van der Waals surface area contributed by atoms with Crippen molar-refractivity contribution in [3.63, 3.8) is 0 Å². The topological polar surface area (TPSA) is 83.0 Å². The van der Waals surface area contributed by atoms with Gasteiger partial charge in [0.1, 0.15) is 12.1 Å². The van der Waals surface area contributed by atoms with Crippen LogP contribution in [0, 0.1) is 0 Å². The zero-order valence-corrected chi connectivity index (χ0v) is 14.6. The summed E-state index contributed by atoms with van der Waals surface area (Å²) in [5, 5.41) is 9.30. The highest BCUT2D eigenvalue weighted by molar-refractivity contribution is 5.76. The molecule has 1 aromatic heterocycles. The molecule has 0 bridgehead atoms. The molecule has 2 saturated heterocycles. The van der Waals surface area contributed by atoms with Crippen molar-refractivity contribution in [2.24, 2.45) is 0 Å². The molecule has 2 atom stereocenters. The molecule has 2 aliphatic rings. The van der Waals surface area contributed by atoms with E-state index in [9.17, 15) is 14.7 Å². The molecule has 0 unspecified atom stereocenters. The molecule has 0 aliphatic carbocycles. The Bertz CT molecular complexity index is 637. The molecule has 0 amide bonds. The number of methoxy groups -OCH3 is 1. The van der Waals surface area contributed by atoms with Gasteiger partial charge in [-0.2, -0.15) is 0 Å². The van der Waals surface area contributed by atoms with Crippen LogP contribution in [0.1, 0.15) is 37.1 Å². The summed E-state index contributed by atoms with van der Waals surface area (Å²) in [5.74, 6) is -0.943. The summed E-state index contributed by atoms with van der Waals surface area (Å²) < 4.78 is 4.89. The Kier molecular flexibility index (Phi) is 5.65. The lowest BCUT2D eigenvalue weighted by molar-refractivity contribution is -0.146. The second-order valence-corrected chi connectivity index (χ2v) is 6.74. The summed E-state index contributed by atoms with van der Waals surface area (Å²) in [7, 11) is 1.42. The van der Waals surface area contributed by atoms with Gasteiger partial charge in [0.2, 0.25) is 0 Å². The van der Waals surface area contributed by atoms with Crippen LogP contribution in [0.4, 0.5) is 0 Å². The fourth-order valence-electron chi connectivity index (χ4n) is 3.83. The number of hydrogen-bond acceptors (Lipinski definition) is 6. The van der Waals surface area contributed by atoms with Crippen LogP contribution in [0.2, 0.25) is 0 Å². The van der Waals surface area contributed by atoms with E-state index in [1.165, 1.54) is 7.11 Å². The standard InChI is InChI=1S/C18H25N3O4/c1-25-18(24)16-8-4-10-21(16)12-14-6-2-5-13(19-14)11-20-9-3-7-15(20)17(22)23/h2,5-6,15-16H,3-4,7-12H2,1H3,(H,22,23)/t15-,16-/m0/s1. The van der Waals surface area contributed by atoms with Crippen LogP contribution in [0.25, 0.3) is 0 Å². The number of pyridine rings is 1. The zero-order valence-electron chi connectivity index (χ0n) is 14.6. The van der Waals surface area contributed by atoms with E-state index in [2.05, 4.69) is 9.88 Å². The minimum absolute atomic E-state index is 0.185. The van der Waals surface area contributed by atoms with Gasteiger partial charge in [-0.1, -0.05) is 6.07 Å². The minimum atomic E-state index is -0.758. The van der Waals surface area contributed by atoms with Crippen LogP contribution >= 0.6 is 0 Å². The number of carboxylic acid groups (broad SMARTS) is 1. The number of rotatable bonds is 6. The number of ether oxygens (including phenoxy) is 1. The van der Waals surface area contributed by atoms with E-state index < -0.39 is 12.0 Å². The van der Waals surface area contributed by atoms with Crippen LogP contribution in [-0.4, -0.2) is 64.1 Å².